The quantitative estimate of drug-likeness (QED) is 0.0555. The van der Waals surface area contributed by atoms with Crippen LogP contribution in [-0.4, -0.2) is 86.4 Å². The summed E-state index contributed by atoms with van der Waals surface area (Å²) < 4.78 is 31.7. The third kappa shape index (κ3) is 10.1. The number of benzene rings is 5. The zero-order valence-electron chi connectivity index (χ0n) is 32.2. The molecule has 1 saturated heterocycles. The van der Waals surface area contributed by atoms with Gasteiger partial charge >= 0.3 is 0 Å². The van der Waals surface area contributed by atoms with Gasteiger partial charge in [-0.3, -0.25) is 19.4 Å². The predicted molar refractivity (Wildman–Crippen MR) is 237 cm³/mol. The maximum absolute atomic E-state index is 13.5. The van der Waals surface area contributed by atoms with Crippen LogP contribution in [0, 0.1) is 10.1 Å². The van der Waals surface area contributed by atoms with Crippen LogP contribution in [-0.2, 0) is 10.0 Å². The summed E-state index contributed by atoms with van der Waals surface area (Å²) in [4.78, 5) is 23.7. The van der Waals surface area contributed by atoms with E-state index in [0.717, 1.165) is 78.4 Å². The maximum Gasteiger partial charge on any atom is 0.293 e. The van der Waals surface area contributed by atoms with Crippen molar-refractivity contribution in [3.8, 4) is 16.9 Å². The Morgan fingerprint density at radius 2 is 1.53 bits per heavy atom. The van der Waals surface area contributed by atoms with Gasteiger partial charge < -0.3 is 20.0 Å². The molecule has 0 saturated carbocycles. The first-order valence-electron chi connectivity index (χ1n) is 18.9. The summed E-state index contributed by atoms with van der Waals surface area (Å²) >= 11 is 7.78. The molecular weight excluding hydrogens is 792 g/mol. The molecule has 1 atom stereocenters. The Bertz CT molecular complexity index is 2420. The highest BCUT2D eigenvalue weighted by Crippen LogP contribution is 2.32. The SMILES string of the molecule is CN(C)CC[C@H](CSc1ccccc1)Nc1ccc(S(=O)(=O)Nc2ccc(N3CCN(c4cccc(-c5cncn5-c5ccc(Cl)cc5)c4)CC3)cc2)cc1[N+](=O)[O-]. The Balaban J connectivity index is 0.974. The zero-order chi connectivity index (χ0) is 40.6. The van der Waals surface area contributed by atoms with Gasteiger partial charge in [0.25, 0.3) is 15.7 Å². The van der Waals surface area contributed by atoms with Crippen molar-refractivity contribution in [3.63, 3.8) is 0 Å². The van der Waals surface area contributed by atoms with E-state index in [2.05, 4.69) is 54.0 Å². The van der Waals surface area contributed by atoms with Crippen LogP contribution >= 0.6 is 23.4 Å². The van der Waals surface area contributed by atoms with Crippen molar-refractivity contribution < 1.29 is 13.3 Å². The molecule has 15 heteroatoms. The van der Waals surface area contributed by atoms with E-state index >= 15 is 0 Å². The van der Waals surface area contributed by atoms with Gasteiger partial charge in [0.2, 0.25) is 0 Å². The minimum absolute atomic E-state index is 0.0950. The number of nitrogens with zero attached hydrogens (tertiary/aromatic N) is 6. The van der Waals surface area contributed by atoms with Gasteiger partial charge in [-0.25, -0.2) is 13.4 Å². The second kappa shape index (κ2) is 18.4. The average molecular weight is 837 g/mol. The van der Waals surface area contributed by atoms with Gasteiger partial charge in [-0.1, -0.05) is 41.9 Å². The van der Waals surface area contributed by atoms with E-state index in [4.69, 9.17) is 11.6 Å². The van der Waals surface area contributed by atoms with E-state index in [1.807, 2.05) is 91.6 Å². The summed E-state index contributed by atoms with van der Waals surface area (Å²) in [7, 11) is -0.159. The van der Waals surface area contributed by atoms with Gasteiger partial charge in [-0.15, -0.1) is 11.8 Å². The Morgan fingerprint density at radius 1 is 0.845 bits per heavy atom. The number of rotatable bonds is 16. The standard InChI is InChI=1S/C43H45ClN8O4S2/c1-48(2)22-21-35(30-57-39-9-4-3-5-10-39)46-41-20-19-40(28-42(41)52(53)54)58(55,56)47-34-13-17-36(18-14-34)49-23-25-50(26-24-49)38-8-6-7-32(27-38)43-29-45-31-51(43)37-15-11-33(44)12-16-37/h3-20,27-29,31,35,46-47H,21-26,30H2,1-2H3/t35-/m1/s1. The molecular formula is C43H45ClN8O4S2. The van der Waals surface area contributed by atoms with Crippen LogP contribution in [0.15, 0.2) is 144 Å². The summed E-state index contributed by atoms with van der Waals surface area (Å²) in [6, 6.07) is 37.3. The second-order valence-corrected chi connectivity index (χ2v) is 17.5. The molecule has 1 aliphatic rings. The molecule has 0 unspecified atom stereocenters. The largest absolute Gasteiger partial charge is 0.376 e. The van der Waals surface area contributed by atoms with Crippen LogP contribution in [0.3, 0.4) is 0 Å². The van der Waals surface area contributed by atoms with E-state index in [1.54, 1.807) is 30.2 Å². The first-order valence-corrected chi connectivity index (χ1v) is 21.8. The first kappa shape index (κ1) is 40.6. The number of anilines is 4. The second-order valence-electron chi connectivity index (χ2n) is 14.3. The molecule has 300 valence electrons. The molecule has 1 aromatic heterocycles. The first-order chi connectivity index (χ1) is 28.0. The van der Waals surface area contributed by atoms with Crippen molar-refractivity contribution >= 4 is 61.8 Å². The van der Waals surface area contributed by atoms with E-state index in [9.17, 15) is 18.5 Å². The Labute approximate surface area is 348 Å². The van der Waals surface area contributed by atoms with Crippen molar-refractivity contribution in [2.45, 2.75) is 22.3 Å². The fourth-order valence-electron chi connectivity index (χ4n) is 6.85. The lowest BCUT2D eigenvalue weighted by Gasteiger charge is -2.37. The summed E-state index contributed by atoms with van der Waals surface area (Å²) in [6.45, 7) is 3.95. The van der Waals surface area contributed by atoms with E-state index in [0.29, 0.717) is 16.5 Å². The van der Waals surface area contributed by atoms with Gasteiger partial charge in [0.15, 0.2) is 0 Å². The predicted octanol–water partition coefficient (Wildman–Crippen LogP) is 8.75. The number of sulfonamides is 1. The molecule has 1 aliphatic heterocycles. The average Bonchev–Trinajstić information content (AvgIpc) is 3.73. The van der Waals surface area contributed by atoms with Crippen LogP contribution in [0.5, 0.6) is 0 Å². The molecule has 0 bridgehead atoms. The molecule has 2 heterocycles. The number of piperazine rings is 1. The summed E-state index contributed by atoms with van der Waals surface area (Å²) in [6.07, 6.45) is 4.41. The van der Waals surface area contributed by atoms with Gasteiger partial charge in [-0.2, -0.15) is 0 Å². The number of halogens is 1. The Morgan fingerprint density at radius 3 is 2.22 bits per heavy atom. The molecule has 0 amide bonds. The van der Waals surface area contributed by atoms with Crippen molar-refractivity contribution in [2.24, 2.45) is 0 Å². The zero-order valence-corrected chi connectivity index (χ0v) is 34.6. The summed E-state index contributed by atoms with van der Waals surface area (Å²) in [5.41, 5.74) is 5.47. The molecule has 0 aliphatic carbocycles. The van der Waals surface area contributed by atoms with Crippen molar-refractivity contribution in [1.82, 2.24) is 14.5 Å². The van der Waals surface area contributed by atoms with Gasteiger partial charge in [0.05, 0.1) is 28.0 Å². The number of hydrogen-bond donors (Lipinski definition) is 2. The third-order valence-electron chi connectivity index (χ3n) is 9.97. The highest BCUT2D eigenvalue weighted by molar-refractivity contribution is 7.99. The third-order valence-corrected chi connectivity index (χ3v) is 12.8. The van der Waals surface area contributed by atoms with E-state index in [1.165, 1.54) is 12.1 Å². The lowest BCUT2D eigenvalue weighted by Crippen LogP contribution is -2.46. The number of nitro benzene ring substituents is 1. The molecule has 7 rings (SSSR count). The highest BCUT2D eigenvalue weighted by atomic mass is 35.5. The maximum atomic E-state index is 13.5. The van der Waals surface area contributed by atoms with Crippen LogP contribution in [0.25, 0.3) is 16.9 Å². The van der Waals surface area contributed by atoms with Gasteiger partial charge in [0, 0.05) is 82.3 Å². The van der Waals surface area contributed by atoms with Crippen LogP contribution in [0.4, 0.5) is 28.4 Å². The normalized spacial score (nSPS) is 13.7. The molecule has 6 aromatic rings. The summed E-state index contributed by atoms with van der Waals surface area (Å²) in [5.74, 6) is 0.677. The summed E-state index contributed by atoms with van der Waals surface area (Å²) in [5, 5.41) is 16.2. The molecule has 0 spiro atoms. The number of thioether (sulfide) groups is 1. The van der Waals surface area contributed by atoms with Crippen molar-refractivity contribution in [2.75, 3.05) is 72.4 Å². The fourth-order valence-corrected chi connectivity index (χ4v) is 9.05. The minimum Gasteiger partial charge on any atom is -0.376 e. The van der Waals surface area contributed by atoms with Crippen LogP contribution in [0.1, 0.15) is 6.42 Å². The minimum atomic E-state index is -4.12. The number of nitro groups is 1. The number of imidazole rings is 1. The molecule has 12 nitrogen and oxygen atoms in total. The van der Waals surface area contributed by atoms with Gasteiger partial charge in [0.1, 0.15) is 5.69 Å². The lowest BCUT2D eigenvalue weighted by atomic mass is 10.1. The fraction of sp³-hybridized carbons (Fsp3) is 0.233. The van der Waals surface area contributed by atoms with Crippen LogP contribution in [0.2, 0.25) is 5.02 Å². The molecule has 2 N–H and O–H groups in total. The van der Waals surface area contributed by atoms with E-state index in [-0.39, 0.29) is 22.3 Å². The van der Waals surface area contributed by atoms with Crippen molar-refractivity contribution in [3.05, 3.63) is 149 Å². The monoisotopic (exact) mass is 836 g/mol. The smallest absolute Gasteiger partial charge is 0.293 e. The Hall–Kier alpha value is -5.54. The highest BCUT2D eigenvalue weighted by Gasteiger charge is 2.24. The van der Waals surface area contributed by atoms with E-state index < -0.39 is 14.9 Å². The Kier molecular flexibility index (Phi) is 12.9. The lowest BCUT2D eigenvalue weighted by molar-refractivity contribution is -0.384. The van der Waals surface area contributed by atoms with Crippen LogP contribution < -0.4 is 19.8 Å². The molecule has 0 radical (unpaired) electrons. The molecule has 58 heavy (non-hydrogen) atoms. The van der Waals surface area contributed by atoms with Gasteiger partial charge in [-0.05, 0) is 112 Å². The van der Waals surface area contributed by atoms with Crippen molar-refractivity contribution in [1.29, 1.82) is 0 Å². The molecule has 1 fully saturated rings. The number of hydrogen-bond acceptors (Lipinski definition) is 10. The molecule has 5 aromatic carbocycles. The number of nitrogens with one attached hydrogen (secondary N) is 2. The number of aromatic nitrogens is 2. The topological polar surface area (TPSA) is 129 Å².